The van der Waals surface area contributed by atoms with Crippen molar-refractivity contribution in [3.8, 4) is 0 Å². The van der Waals surface area contributed by atoms with Crippen LogP contribution in [0.5, 0.6) is 0 Å². The van der Waals surface area contributed by atoms with Gasteiger partial charge in [0.05, 0.1) is 5.69 Å². The Morgan fingerprint density at radius 3 is 2.93 bits per heavy atom. The fourth-order valence-corrected chi connectivity index (χ4v) is 1.95. The van der Waals surface area contributed by atoms with Crippen molar-refractivity contribution in [2.24, 2.45) is 0 Å². The molecule has 14 heavy (non-hydrogen) atoms. The summed E-state index contributed by atoms with van der Waals surface area (Å²) < 4.78 is 7.10. The van der Waals surface area contributed by atoms with Crippen LogP contribution in [0, 0.1) is 0 Å². The van der Waals surface area contributed by atoms with Gasteiger partial charge in [0.2, 0.25) is 0 Å². The molecule has 0 radical (unpaired) electrons. The molecule has 1 saturated heterocycles. The van der Waals surface area contributed by atoms with Crippen LogP contribution in [0.25, 0.3) is 0 Å². The van der Waals surface area contributed by atoms with E-state index in [0.717, 1.165) is 12.2 Å². The molecule has 0 bridgehead atoms. The number of ether oxygens (including phenoxy) is 1. The molecule has 4 heteroatoms. The predicted octanol–water partition coefficient (Wildman–Crippen LogP) is 0.901. The molecule has 1 fully saturated rings. The molecule has 1 aromatic rings. The van der Waals surface area contributed by atoms with Crippen molar-refractivity contribution >= 4 is 0 Å². The molecule has 1 aliphatic rings. The van der Waals surface area contributed by atoms with Crippen LogP contribution in [0.4, 0.5) is 0 Å². The van der Waals surface area contributed by atoms with Gasteiger partial charge >= 0.3 is 0 Å². The zero-order valence-corrected chi connectivity index (χ0v) is 8.44. The lowest BCUT2D eigenvalue weighted by atomic mass is 9.91. The van der Waals surface area contributed by atoms with E-state index in [4.69, 9.17) is 4.74 Å². The first-order valence-corrected chi connectivity index (χ1v) is 5.09. The van der Waals surface area contributed by atoms with Gasteiger partial charge in [0.1, 0.15) is 5.60 Å². The Morgan fingerprint density at radius 1 is 1.57 bits per heavy atom. The Labute approximate surface area is 83.5 Å². The van der Waals surface area contributed by atoms with Crippen LogP contribution < -0.4 is 0 Å². The number of hydrogen-bond acceptors (Lipinski definition) is 3. The first kappa shape index (κ1) is 9.68. The average molecular weight is 196 g/mol. The molecule has 78 valence electrons. The minimum atomic E-state index is -0.731. The molecule has 0 atom stereocenters. The minimum Gasteiger partial charge on any atom is -0.383 e. The molecule has 1 aromatic heterocycles. The summed E-state index contributed by atoms with van der Waals surface area (Å²) in [5.74, 6) is 0. The van der Waals surface area contributed by atoms with Crippen LogP contribution in [0.2, 0.25) is 0 Å². The van der Waals surface area contributed by atoms with Gasteiger partial charge in [0.15, 0.2) is 0 Å². The summed E-state index contributed by atoms with van der Waals surface area (Å²) in [7, 11) is 0. The zero-order valence-electron chi connectivity index (χ0n) is 8.44. The van der Waals surface area contributed by atoms with Crippen LogP contribution in [-0.2, 0) is 16.9 Å². The van der Waals surface area contributed by atoms with Crippen LogP contribution in [0.1, 0.15) is 25.5 Å². The second kappa shape index (κ2) is 3.71. The van der Waals surface area contributed by atoms with Crippen molar-refractivity contribution in [3.05, 3.63) is 18.0 Å². The second-order valence-corrected chi connectivity index (χ2v) is 3.68. The molecule has 4 nitrogen and oxygen atoms in total. The quantitative estimate of drug-likeness (QED) is 0.764. The van der Waals surface area contributed by atoms with Gasteiger partial charge in [-0.05, 0) is 13.0 Å². The fourth-order valence-electron chi connectivity index (χ4n) is 1.95. The molecule has 1 aliphatic heterocycles. The normalized spacial score (nSPS) is 21.0. The number of hydrogen-bond donors (Lipinski definition) is 1. The van der Waals surface area contributed by atoms with Crippen LogP contribution in [0.15, 0.2) is 12.3 Å². The second-order valence-electron chi connectivity index (χ2n) is 3.68. The standard InChI is InChI=1S/C10H16N2O2/c1-2-12-9(3-6-11-12)10(13)4-7-14-8-5-10/h3,6,13H,2,4-5,7-8H2,1H3. The Bertz CT molecular complexity index is 303. The molecular formula is C10H16N2O2. The van der Waals surface area contributed by atoms with Crippen LogP contribution in [0.3, 0.4) is 0 Å². The summed E-state index contributed by atoms with van der Waals surface area (Å²) in [6.45, 7) is 4.08. The van der Waals surface area contributed by atoms with E-state index in [1.54, 1.807) is 6.20 Å². The summed E-state index contributed by atoms with van der Waals surface area (Å²) >= 11 is 0. The molecule has 0 unspecified atom stereocenters. The van der Waals surface area contributed by atoms with Gasteiger partial charge in [-0.1, -0.05) is 0 Å². The highest BCUT2D eigenvalue weighted by molar-refractivity contribution is 5.12. The average Bonchev–Trinajstić information content (AvgIpc) is 2.67. The molecule has 1 N–H and O–H groups in total. The SMILES string of the molecule is CCn1nccc1C1(O)CCOCC1. The van der Waals surface area contributed by atoms with E-state index in [1.165, 1.54) is 0 Å². The third-order valence-corrected chi connectivity index (χ3v) is 2.81. The summed E-state index contributed by atoms with van der Waals surface area (Å²) in [5.41, 5.74) is 0.188. The highest BCUT2D eigenvalue weighted by Gasteiger charge is 2.34. The van der Waals surface area contributed by atoms with E-state index in [2.05, 4.69) is 5.10 Å². The van der Waals surface area contributed by atoms with Gasteiger partial charge in [0, 0.05) is 38.8 Å². The van der Waals surface area contributed by atoms with Crippen molar-refractivity contribution in [2.45, 2.75) is 31.9 Å². The maximum Gasteiger partial charge on any atom is 0.111 e. The van der Waals surface area contributed by atoms with Crippen molar-refractivity contribution in [3.63, 3.8) is 0 Å². The molecule has 2 rings (SSSR count). The Morgan fingerprint density at radius 2 is 2.29 bits per heavy atom. The third-order valence-electron chi connectivity index (χ3n) is 2.81. The number of aliphatic hydroxyl groups is 1. The van der Waals surface area contributed by atoms with Crippen molar-refractivity contribution in [2.75, 3.05) is 13.2 Å². The number of nitrogens with zero attached hydrogens (tertiary/aromatic N) is 2. The van der Waals surface area contributed by atoms with E-state index >= 15 is 0 Å². The third kappa shape index (κ3) is 1.55. The van der Waals surface area contributed by atoms with Gasteiger partial charge in [-0.3, -0.25) is 4.68 Å². The van der Waals surface area contributed by atoms with Gasteiger partial charge in [-0.15, -0.1) is 0 Å². The lowest BCUT2D eigenvalue weighted by Gasteiger charge is -2.32. The minimum absolute atomic E-state index is 0.630. The number of aromatic nitrogens is 2. The molecule has 0 aliphatic carbocycles. The summed E-state index contributed by atoms with van der Waals surface area (Å²) in [6, 6.07) is 1.90. The lowest BCUT2D eigenvalue weighted by molar-refractivity contribution is -0.0729. The van der Waals surface area contributed by atoms with Gasteiger partial charge in [0.25, 0.3) is 0 Å². The van der Waals surface area contributed by atoms with Crippen molar-refractivity contribution in [1.82, 2.24) is 9.78 Å². The van der Waals surface area contributed by atoms with Gasteiger partial charge in [-0.2, -0.15) is 5.10 Å². The topological polar surface area (TPSA) is 47.3 Å². The van der Waals surface area contributed by atoms with Gasteiger partial charge < -0.3 is 9.84 Å². The summed E-state index contributed by atoms with van der Waals surface area (Å²) in [4.78, 5) is 0. The number of aryl methyl sites for hydroxylation is 1. The summed E-state index contributed by atoms with van der Waals surface area (Å²) in [5, 5.41) is 14.6. The maximum absolute atomic E-state index is 10.4. The smallest absolute Gasteiger partial charge is 0.111 e. The summed E-state index contributed by atoms with van der Waals surface area (Å²) in [6.07, 6.45) is 3.07. The zero-order chi connectivity index (χ0) is 10.0. The van der Waals surface area contributed by atoms with E-state index in [0.29, 0.717) is 26.1 Å². The lowest BCUT2D eigenvalue weighted by Crippen LogP contribution is -2.35. The number of rotatable bonds is 2. The van der Waals surface area contributed by atoms with E-state index < -0.39 is 5.60 Å². The Hall–Kier alpha value is -0.870. The monoisotopic (exact) mass is 196 g/mol. The van der Waals surface area contributed by atoms with E-state index in [1.807, 2.05) is 17.7 Å². The maximum atomic E-state index is 10.4. The largest absolute Gasteiger partial charge is 0.383 e. The molecule has 0 aromatic carbocycles. The molecular weight excluding hydrogens is 180 g/mol. The first-order valence-electron chi connectivity index (χ1n) is 5.09. The van der Waals surface area contributed by atoms with E-state index in [-0.39, 0.29) is 0 Å². The van der Waals surface area contributed by atoms with E-state index in [9.17, 15) is 5.11 Å². The first-order chi connectivity index (χ1) is 6.76. The fraction of sp³-hybridized carbons (Fsp3) is 0.700. The predicted molar refractivity (Wildman–Crippen MR) is 51.9 cm³/mol. The Kier molecular flexibility index (Phi) is 2.56. The van der Waals surface area contributed by atoms with Crippen LogP contribution >= 0.6 is 0 Å². The molecule has 0 amide bonds. The molecule has 2 heterocycles. The van der Waals surface area contributed by atoms with Gasteiger partial charge in [-0.25, -0.2) is 0 Å². The Balaban J connectivity index is 2.27. The van der Waals surface area contributed by atoms with Crippen LogP contribution in [-0.4, -0.2) is 28.1 Å². The van der Waals surface area contributed by atoms with Crippen molar-refractivity contribution in [1.29, 1.82) is 0 Å². The van der Waals surface area contributed by atoms with Crippen molar-refractivity contribution < 1.29 is 9.84 Å². The highest BCUT2D eigenvalue weighted by Crippen LogP contribution is 2.31. The highest BCUT2D eigenvalue weighted by atomic mass is 16.5. The molecule has 0 spiro atoms. The molecule has 0 saturated carbocycles.